The maximum Gasteiger partial charge on any atom is 0.224 e. The lowest BCUT2D eigenvalue weighted by molar-refractivity contribution is -0.121. The van der Waals surface area contributed by atoms with Gasteiger partial charge in [-0.3, -0.25) is 4.79 Å². The molecule has 0 aliphatic rings. The molecule has 152 valence electrons. The van der Waals surface area contributed by atoms with Crippen molar-refractivity contribution in [3.63, 3.8) is 0 Å². The molecule has 0 aliphatic heterocycles. The second kappa shape index (κ2) is 9.71. The van der Waals surface area contributed by atoms with Crippen molar-refractivity contribution in [2.75, 3.05) is 20.8 Å². The van der Waals surface area contributed by atoms with E-state index < -0.39 is 15.1 Å². The first kappa shape index (κ1) is 21.9. The van der Waals surface area contributed by atoms with E-state index in [0.717, 1.165) is 16.9 Å². The summed E-state index contributed by atoms with van der Waals surface area (Å²) in [5.74, 6) is 0.562. The molecule has 2 rings (SSSR count). The molecular formula is C21H27NO5S. The quantitative estimate of drug-likeness (QED) is 0.694. The summed E-state index contributed by atoms with van der Waals surface area (Å²) in [7, 11) is -0.126. The average Bonchev–Trinajstić information content (AvgIpc) is 2.69. The molecule has 0 fully saturated rings. The van der Waals surface area contributed by atoms with Gasteiger partial charge in [-0.05, 0) is 49.2 Å². The number of hydrogen-bond donors (Lipinski definition) is 1. The van der Waals surface area contributed by atoms with Crippen molar-refractivity contribution in [1.82, 2.24) is 5.32 Å². The molecule has 0 bridgehead atoms. The van der Waals surface area contributed by atoms with Crippen LogP contribution in [0.4, 0.5) is 0 Å². The number of benzene rings is 2. The van der Waals surface area contributed by atoms with Crippen molar-refractivity contribution < 1.29 is 22.7 Å². The Kier molecular flexibility index (Phi) is 7.60. The SMILES string of the molecule is COc1cccc([C@H](CNC(=O)Cc2ccc(S(=O)(=O)C(C)C)cc2)OC)c1. The van der Waals surface area contributed by atoms with Crippen LogP contribution in [-0.2, 0) is 25.8 Å². The molecule has 0 saturated carbocycles. The van der Waals surface area contributed by atoms with Crippen LogP contribution in [0.25, 0.3) is 0 Å². The van der Waals surface area contributed by atoms with Gasteiger partial charge in [0.05, 0.1) is 29.8 Å². The van der Waals surface area contributed by atoms with Gasteiger partial charge in [0.2, 0.25) is 5.91 Å². The monoisotopic (exact) mass is 405 g/mol. The Morgan fingerprint density at radius 2 is 1.75 bits per heavy atom. The summed E-state index contributed by atoms with van der Waals surface area (Å²) in [5.41, 5.74) is 1.65. The summed E-state index contributed by atoms with van der Waals surface area (Å²) in [6.07, 6.45) is -0.131. The summed E-state index contributed by atoms with van der Waals surface area (Å²) < 4.78 is 35.0. The maximum absolute atomic E-state index is 12.3. The van der Waals surface area contributed by atoms with Gasteiger partial charge in [-0.1, -0.05) is 24.3 Å². The van der Waals surface area contributed by atoms with Crippen LogP contribution in [0.2, 0.25) is 0 Å². The van der Waals surface area contributed by atoms with Gasteiger partial charge in [0.15, 0.2) is 9.84 Å². The predicted octanol–water partition coefficient (Wildman–Crippen LogP) is 2.92. The smallest absolute Gasteiger partial charge is 0.224 e. The number of sulfone groups is 1. The third-order valence-electron chi connectivity index (χ3n) is 4.47. The van der Waals surface area contributed by atoms with Gasteiger partial charge in [0.25, 0.3) is 0 Å². The van der Waals surface area contributed by atoms with Crippen LogP contribution >= 0.6 is 0 Å². The Morgan fingerprint density at radius 3 is 2.32 bits per heavy atom. The number of nitrogens with one attached hydrogen (secondary N) is 1. The third-order valence-corrected chi connectivity index (χ3v) is 6.64. The third kappa shape index (κ3) is 5.56. The van der Waals surface area contributed by atoms with Crippen molar-refractivity contribution >= 4 is 15.7 Å². The van der Waals surface area contributed by atoms with Gasteiger partial charge in [-0.2, -0.15) is 0 Å². The first-order chi connectivity index (χ1) is 13.3. The fourth-order valence-electron chi connectivity index (χ4n) is 2.70. The lowest BCUT2D eigenvalue weighted by Gasteiger charge is -2.17. The van der Waals surface area contributed by atoms with E-state index in [4.69, 9.17) is 9.47 Å². The van der Waals surface area contributed by atoms with Crippen LogP contribution in [0.1, 0.15) is 31.1 Å². The zero-order valence-electron chi connectivity index (χ0n) is 16.6. The molecule has 0 spiro atoms. The minimum Gasteiger partial charge on any atom is -0.497 e. The van der Waals surface area contributed by atoms with Crippen LogP contribution in [0.15, 0.2) is 53.4 Å². The van der Waals surface area contributed by atoms with Crippen LogP contribution in [0.3, 0.4) is 0 Å². The zero-order chi connectivity index (χ0) is 20.7. The largest absolute Gasteiger partial charge is 0.497 e. The molecule has 0 aliphatic carbocycles. The highest BCUT2D eigenvalue weighted by Crippen LogP contribution is 2.21. The molecule has 7 heteroatoms. The van der Waals surface area contributed by atoms with Gasteiger partial charge < -0.3 is 14.8 Å². The topological polar surface area (TPSA) is 81.7 Å². The van der Waals surface area contributed by atoms with Crippen molar-refractivity contribution in [3.8, 4) is 5.75 Å². The van der Waals surface area contributed by atoms with Crippen molar-refractivity contribution in [2.24, 2.45) is 0 Å². The minimum absolute atomic E-state index is 0.163. The Hall–Kier alpha value is -2.38. The van der Waals surface area contributed by atoms with E-state index in [-0.39, 0.29) is 23.3 Å². The lowest BCUT2D eigenvalue weighted by atomic mass is 10.1. The number of rotatable bonds is 9. The molecule has 6 nitrogen and oxygen atoms in total. The van der Waals surface area contributed by atoms with E-state index in [1.165, 1.54) is 0 Å². The normalized spacial score (nSPS) is 12.6. The Bertz CT molecular complexity index is 891. The molecule has 0 saturated heterocycles. The van der Waals surface area contributed by atoms with E-state index in [2.05, 4.69) is 5.32 Å². The van der Waals surface area contributed by atoms with E-state index in [9.17, 15) is 13.2 Å². The molecular weight excluding hydrogens is 378 g/mol. The Labute approximate surface area is 166 Å². The van der Waals surface area contributed by atoms with Crippen LogP contribution < -0.4 is 10.1 Å². The summed E-state index contributed by atoms with van der Waals surface area (Å²) in [6.45, 7) is 3.61. The molecule has 0 radical (unpaired) electrons. The van der Waals surface area contributed by atoms with E-state index in [0.29, 0.717) is 6.54 Å². The second-order valence-corrected chi connectivity index (χ2v) is 9.22. The number of ether oxygens (including phenoxy) is 2. The van der Waals surface area contributed by atoms with Crippen molar-refractivity contribution in [3.05, 3.63) is 59.7 Å². The number of carbonyl (C=O) groups excluding carboxylic acids is 1. The first-order valence-electron chi connectivity index (χ1n) is 9.04. The average molecular weight is 406 g/mol. The molecule has 0 aromatic heterocycles. The standard InChI is InChI=1S/C21H27NO5S/c1-15(2)28(24,25)19-10-8-16(9-11-19)12-21(23)22-14-20(27-4)17-6-5-7-18(13-17)26-3/h5-11,13,15,20H,12,14H2,1-4H3,(H,22,23)/t20-/m0/s1. The predicted molar refractivity (Wildman–Crippen MR) is 108 cm³/mol. The van der Waals surface area contributed by atoms with Gasteiger partial charge in [-0.25, -0.2) is 8.42 Å². The van der Waals surface area contributed by atoms with Crippen LogP contribution in [-0.4, -0.2) is 40.3 Å². The van der Waals surface area contributed by atoms with Crippen LogP contribution in [0.5, 0.6) is 5.75 Å². The highest BCUT2D eigenvalue weighted by atomic mass is 32.2. The highest BCUT2D eigenvalue weighted by molar-refractivity contribution is 7.92. The molecule has 1 N–H and O–H groups in total. The van der Waals surface area contributed by atoms with E-state index >= 15 is 0 Å². The number of amides is 1. The van der Waals surface area contributed by atoms with Gasteiger partial charge in [0, 0.05) is 13.7 Å². The van der Waals surface area contributed by atoms with Crippen LogP contribution in [0, 0.1) is 0 Å². The first-order valence-corrected chi connectivity index (χ1v) is 10.6. The van der Waals surface area contributed by atoms with Crippen molar-refractivity contribution in [2.45, 2.75) is 36.5 Å². The summed E-state index contributed by atoms with van der Waals surface area (Å²) in [5, 5.41) is 2.38. The molecule has 0 heterocycles. The van der Waals surface area contributed by atoms with Gasteiger partial charge in [-0.15, -0.1) is 0 Å². The molecule has 28 heavy (non-hydrogen) atoms. The number of carbonyl (C=O) groups is 1. The summed E-state index contributed by atoms with van der Waals surface area (Å²) >= 11 is 0. The van der Waals surface area contributed by atoms with Gasteiger partial charge in [0.1, 0.15) is 5.75 Å². The highest BCUT2D eigenvalue weighted by Gasteiger charge is 2.19. The molecule has 2 aromatic carbocycles. The second-order valence-electron chi connectivity index (χ2n) is 6.72. The van der Waals surface area contributed by atoms with E-state index in [1.807, 2.05) is 24.3 Å². The number of methoxy groups -OCH3 is 2. The molecule has 0 unspecified atom stereocenters. The molecule has 2 aromatic rings. The fourth-order valence-corrected chi connectivity index (χ4v) is 3.76. The summed E-state index contributed by atoms with van der Waals surface area (Å²) in [6, 6.07) is 13.9. The minimum atomic E-state index is -3.31. The molecule has 1 amide bonds. The fraction of sp³-hybridized carbons (Fsp3) is 0.381. The van der Waals surface area contributed by atoms with Crippen molar-refractivity contribution in [1.29, 1.82) is 0 Å². The van der Waals surface area contributed by atoms with E-state index in [1.54, 1.807) is 52.3 Å². The molecule has 1 atom stereocenters. The number of hydrogen-bond acceptors (Lipinski definition) is 5. The Balaban J connectivity index is 1.96. The van der Waals surface area contributed by atoms with Gasteiger partial charge >= 0.3 is 0 Å². The lowest BCUT2D eigenvalue weighted by Crippen LogP contribution is -2.30. The Morgan fingerprint density at radius 1 is 1.07 bits per heavy atom. The zero-order valence-corrected chi connectivity index (χ0v) is 17.5. The summed E-state index contributed by atoms with van der Waals surface area (Å²) in [4.78, 5) is 12.5. The maximum atomic E-state index is 12.3.